The van der Waals surface area contributed by atoms with E-state index in [1.54, 1.807) is 12.1 Å². The first-order chi connectivity index (χ1) is 9.73. The molecule has 0 radical (unpaired) electrons. The maximum Gasteiger partial charge on any atom is 0.329 e. The Morgan fingerprint density at radius 3 is 2.29 bits per heavy atom. The Morgan fingerprint density at radius 2 is 1.67 bits per heavy atom. The zero-order valence-electron chi connectivity index (χ0n) is 12.1. The molecule has 0 aliphatic carbocycles. The predicted molar refractivity (Wildman–Crippen MR) is 85.5 cm³/mol. The number of hydrogen-bond acceptors (Lipinski definition) is 2. The van der Waals surface area contributed by atoms with Crippen LogP contribution in [-0.4, -0.2) is 34.5 Å². The number of rotatable bonds is 3. The molecule has 2 rings (SSSR count). The molecule has 0 aliphatic heterocycles. The number of halogens is 1. The zero-order chi connectivity index (χ0) is 15.8. The summed E-state index contributed by atoms with van der Waals surface area (Å²) in [6, 6.07) is 11.1. The number of amides is 1. The average molecular weight is 350 g/mol. The van der Waals surface area contributed by atoms with Gasteiger partial charge in [-0.1, -0.05) is 28.1 Å². The van der Waals surface area contributed by atoms with Crippen LogP contribution in [0.2, 0.25) is 0 Å². The molecule has 1 amide bonds. The minimum Gasteiger partial charge on any atom is -0.480 e. The van der Waals surface area contributed by atoms with E-state index < -0.39 is 11.5 Å². The molecule has 0 unspecified atom stereocenters. The molecule has 0 bridgehead atoms. The van der Waals surface area contributed by atoms with Gasteiger partial charge >= 0.3 is 5.97 Å². The number of aliphatic carboxylic acids is 1. The van der Waals surface area contributed by atoms with Crippen molar-refractivity contribution in [2.45, 2.75) is 19.4 Å². The van der Waals surface area contributed by atoms with Crippen molar-refractivity contribution in [1.82, 2.24) is 4.90 Å². The van der Waals surface area contributed by atoms with Gasteiger partial charge in [0.2, 0.25) is 0 Å². The third-order valence-electron chi connectivity index (χ3n) is 3.72. The predicted octanol–water partition coefficient (Wildman–Crippen LogP) is 3.54. The maximum absolute atomic E-state index is 12.5. The molecule has 4 nitrogen and oxygen atoms in total. The van der Waals surface area contributed by atoms with Gasteiger partial charge in [-0.25, -0.2) is 4.79 Å². The van der Waals surface area contributed by atoms with Crippen LogP contribution in [0.15, 0.2) is 40.9 Å². The number of fused-ring (bicyclic) bond motifs is 1. The second kappa shape index (κ2) is 5.48. The third kappa shape index (κ3) is 2.93. The van der Waals surface area contributed by atoms with Gasteiger partial charge in [0.1, 0.15) is 5.54 Å². The van der Waals surface area contributed by atoms with Crippen molar-refractivity contribution in [3.63, 3.8) is 0 Å². The van der Waals surface area contributed by atoms with Crippen molar-refractivity contribution < 1.29 is 14.7 Å². The molecule has 0 aliphatic rings. The first kappa shape index (κ1) is 15.5. The summed E-state index contributed by atoms with van der Waals surface area (Å²) < 4.78 is 0.971. The average Bonchev–Trinajstić information content (AvgIpc) is 2.44. The van der Waals surface area contributed by atoms with Crippen LogP contribution in [0.25, 0.3) is 10.8 Å². The van der Waals surface area contributed by atoms with Crippen LogP contribution >= 0.6 is 15.9 Å². The number of carbonyl (C=O) groups excluding carboxylic acids is 1. The van der Waals surface area contributed by atoms with E-state index in [0.717, 1.165) is 15.2 Å². The molecule has 2 aromatic rings. The number of carbonyl (C=O) groups is 2. The van der Waals surface area contributed by atoms with Gasteiger partial charge in [-0.05, 0) is 48.9 Å². The minimum atomic E-state index is -1.26. The fraction of sp³-hybridized carbons (Fsp3) is 0.250. The number of benzene rings is 2. The quantitative estimate of drug-likeness (QED) is 0.921. The van der Waals surface area contributed by atoms with Crippen molar-refractivity contribution in [3.05, 3.63) is 46.4 Å². The molecule has 21 heavy (non-hydrogen) atoms. The summed E-state index contributed by atoms with van der Waals surface area (Å²) >= 11 is 3.40. The molecule has 0 aromatic heterocycles. The van der Waals surface area contributed by atoms with Crippen LogP contribution in [0, 0.1) is 0 Å². The van der Waals surface area contributed by atoms with E-state index >= 15 is 0 Å². The fourth-order valence-electron chi connectivity index (χ4n) is 1.94. The van der Waals surface area contributed by atoms with Crippen LogP contribution < -0.4 is 0 Å². The summed E-state index contributed by atoms with van der Waals surface area (Å²) in [6.45, 7) is 3.01. The third-order valence-corrected chi connectivity index (χ3v) is 4.21. The molecule has 5 heteroatoms. The lowest BCUT2D eigenvalue weighted by Crippen LogP contribution is -2.50. The van der Waals surface area contributed by atoms with Gasteiger partial charge in [0.15, 0.2) is 0 Å². The van der Waals surface area contributed by atoms with Gasteiger partial charge in [0, 0.05) is 17.1 Å². The largest absolute Gasteiger partial charge is 0.480 e. The van der Waals surface area contributed by atoms with Crippen LogP contribution in [0.5, 0.6) is 0 Å². The summed E-state index contributed by atoms with van der Waals surface area (Å²) in [5.41, 5.74) is -0.784. The highest BCUT2D eigenvalue weighted by atomic mass is 79.9. The van der Waals surface area contributed by atoms with E-state index in [9.17, 15) is 14.7 Å². The fourth-order valence-corrected chi connectivity index (χ4v) is 2.32. The zero-order valence-corrected chi connectivity index (χ0v) is 13.6. The van der Waals surface area contributed by atoms with Gasteiger partial charge in [-0.3, -0.25) is 4.79 Å². The first-order valence-corrected chi connectivity index (χ1v) is 7.23. The summed E-state index contributed by atoms with van der Waals surface area (Å²) in [7, 11) is 1.50. The van der Waals surface area contributed by atoms with Crippen molar-refractivity contribution in [2.24, 2.45) is 0 Å². The van der Waals surface area contributed by atoms with Crippen LogP contribution in [-0.2, 0) is 4.79 Å². The molecule has 110 valence electrons. The molecule has 0 fully saturated rings. The van der Waals surface area contributed by atoms with Gasteiger partial charge in [-0.15, -0.1) is 0 Å². The standard InChI is InChI=1S/C16H16BrNO3/c1-16(2,15(20)21)18(3)14(19)12-5-4-11-9-13(17)7-6-10(11)8-12/h4-9H,1-3H3,(H,20,21). The smallest absolute Gasteiger partial charge is 0.329 e. The molecular weight excluding hydrogens is 334 g/mol. The first-order valence-electron chi connectivity index (χ1n) is 6.44. The van der Waals surface area contributed by atoms with Crippen LogP contribution in [0.1, 0.15) is 24.2 Å². The highest BCUT2D eigenvalue weighted by Gasteiger charge is 2.35. The molecule has 0 atom stereocenters. The number of hydrogen-bond donors (Lipinski definition) is 1. The highest BCUT2D eigenvalue weighted by molar-refractivity contribution is 9.10. The normalized spacial score (nSPS) is 11.4. The van der Waals surface area contributed by atoms with Crippen LogP contribution in [0.3, 0.4) is 0 Å². The van der Waals surface area contributed by atoms with Crippen LogP contribution in [0.4, 0.5) is 0 Å². The molecule has 0 saturated carbocycles. The van der Waals surface area contributed by atoms with Gasteiger partial charge in [-0.2, -0.15) is 0 Å². The minimum absolute atomic E-state index is 0.313. The Balaban J connectivity index is 2.40. The molecule has 2 aromatic carbocycles. The summed E-state index contributed by atoms with van der Waals surface area (Å²) in [5, 5.41) is 11.2. The Kier molecular flexibility index (Phi) is 4.05. The van der Waals surface area contributed by atoms with Crippen molar-refractivity contribution in [2.75, 3.05) is 7.05 Å². The molecule has 0 heterocycles. The topological polar surface area (TPSA) is 57.6 Å². The monoisotopic (exact) mass is 349 g/mol. The number of nitrogens with zero attached hydrogens (tertiary/aromatic N) is 1. The second-order valence-electron chi connectivity index (χ2n) is 5.43. The van der Waals surface area contributed by atoms with E-state index in [1.165, 1.54) is 25.8 Å². The highest BCUT2D eigenvalue weighted by Crippen LogP contribution is 2.23. The lowest BCUT2D eigenvalue weighted by atomic mass is 10.0. The molecule has 0 saturated heterocycles. The number of carboxylic acids is 1. The van der Waals surface area contributed by atoms with Crippen molar-refractivity contribution in [1.29, 1.82) is 0 Å². The number of likely N-dealkylation sites (N-methyl/N-ethyl adjacent to an activating group) is 1. The Bertz CT molecular complexity index is 725. The SMILES string of the molecule is CN(C(=O)c1ccc2cc(Br)ccc2c1)C(C)(C)C(=O)O. The Labute approximate surface area is 131 Å². The summed E-state index contributed by atoms with van der Waals surface area (Å²) in [4.78, 5) is 25.0. The van der Waals surface area contributed by atoms with E-state index in [0.29, 0.717) is 5.56 Å². The maximum atomic E-state index is 12.5. The van der Waals surface area contributed by atoms with Crippen molar-refractivity contribution in [3.8, 4) is 0 Å². The Morgan fingerprint density at radius 1 is 1.10 bits per heavy atom. The van der Waals surface area contributed by atoms with E-state index in [-0.39, 0.29) is 5.91 Å². The van der Waals surface area contributed by atoms with E-state index in [1.807, 2.05) is 24.3 Å². The molecule has 1 N–H and O–H groups in total. The Hall–Kier alpha value is -1.88. The van der Waals surface area contributed by atoms with E-state index in [4.69, 9.17) is 0 Å². The van der Waals surface area contributed by atoms with Crippen molar-refractivity contribution >= 4 is 38.6 Å². The molecular formula is C16H16BrNO3. The molecule has 0 spiro atoms. The second-order valence-corrected chi connectivity index (χ2v) is 6.35. The van der Waals surface area contributed by atoms with E-state index in [2.05, 4.69) is 15.9 Å². The van der Waals surface area contributed by atoms with Gasteiger partial charge in [0.05, 0.1) is 0 Å². The lowest BCUT2D eigenvalue weighted by Gasteiger charge is -2.31. The van der Waals surface area contributed by atoms with Gasteiger partial charge < -0.3 is 10.0 Å². The summed E-state index contributed by atoms with van der Waals surface area (Å²) in [5.74, 6) is -1.35. The lowest BCUT2D eigenvalue weighted by molar-refractivity contribution is -0.147. The number of carboxylic acid groups (broad SMARTS) is 1. The summed E-state index contributed by atoms with van der Waals surface area (Å²) in [6.07, 6.45) is 0. The van der Waals surface area contributed by atoms with Gasteiger partial charge in [0.25, 0.3) is 5.91 Å².